The van der Waals surface area contributed by atoms with Crippen LogP contribution >= 0.6 is 0 Å². The van der Waals surface area contributed by atoms with Crippen molar-refractivity contribution in [3.8, 4) is 0 Å². The van der Waals surface area contributed by atoms with Crippen LogP contribution < -0.4 is 5.32 Å². The summed E-state index contributed by atoms with van der Waals surface area (Å²) in [6, 6.07) is 10.3. The zero-order valence-electron chi connectivity index (χ0n) is 14.7. The highest BCUT2D eigenvalue weighted by Gasteiger charge is 2.41. The van der Waals surface area contributed by atoms with E-state index < -0.39 is 0 Å². The standard InChI is InChI=1S/C21H22N2O2/c1-12-7-9-15(10-8-12)20-17-6-4-5-16(17)19-14(3)13(2)11-18(23(24)25)21(19)22-20/h4-5,7-11,16-17,20,22H,6H2,1-3H3/t16-,17-,20+/m1/s1. The Morgan fingerprint density at radius 3 is 2.56 bits per heavy atom. The summed E-state index contributed by atoms with van der Waals surface area (Å²) in [7, 11) is 0. The second-order valence-corrected chi connectivity index (χ2v) is 7.27. The number of nitrogens with one attached hydrogen (secondary N) is 1. The molecule has 128 valence electrons. The van der Waals surface area contributed by atoms with E-state index in [0.29, 0.717) is 11.6 Å². The van der Waals surface area contributed by atoms with Crippen molar-refractivity contribution >= 4 is 11.4 Å². The molecule has 3 atom stereocenters. The van der Waals surface area contributed by atoms with Crippen LogP contribution in [0.2, 0.25) is 0 Å². The summed E-state index contributed by atoms with van der Waals surface area (Å²) >= 11 is 0. The van der Waals surface area contributed by atoms with Gasteiger partial charge < -0.3 is 5.32 Å². The topological polar surface area (TPSA) is 55.2 Å². The highest BCUT2D eigenvalue weighted by molar-refractivity contribution is 5.74. The summed E-state index contributed by atoms with van der Waals surface area (Å²) in [4.78, 5) is 11.4. The van der Waals surface area contributed by atoms with Crippen molar-refractivity contribution in [3.05, 3.63) is 80.4 Å². The molecule has 2 aromatic rings. The number of fused-ring (bicyclic) bond motifs is 3. The normalized spacial score (nSPS) is 23.7. The molecule has 0 unspecified atom stereocenters. The molecule has 4 heteroatoms. The number of rotatable bonds is 2. The first kappa shape index (κ1) is 15.9. The van der Waals surface area contributed by atoms with Crippen LogP contribution in [-0.2, 0) is 0 Å². The fourth-order valence-electron chi connectivity index (χ4n) is 4.33. The van der Waals surface area contributed by atoms with Gasteiger partial charge in [-0.05, 0) is 55.4 Å². The molecule has 4 rings (SSSR count). The van der Waals surface area contributed by atoms with Crippen molar-refractivity contribution < 1.29 is 4.92 Å². The Morgan fingerprint density at radius 1 is 1.16 bits per heavy atom. The van der Waals surface area contributed by atoms with Crippen molar-refractivity contribution in [2.45, 2.75) is 39.2 Å². The smallest absolute Gasteiger partial charge is 0.292 e. The first-order valence-electron chi connectivity index (χ1n) is 8.75. The van der Waals surface area contributed by atoms with E-state index in [1.807, 2.05) is 6.92 Å². The van der Waals surface area contributed by atoms with Gasteiger partial charge in [0.1, 0.15) is 5.69 Å². The molecule has 1 heterocycles. The molecular weight excluding hydrogens is 312 g/mol. The van der Waals surface area contributed by atoms with Crippen LogP contribution in [0.15, 0.2) is 42.5 Å². The lowest BCUT2D eigenvalue weighted by Crippen LogP contribution is -2.30. The average molecular weight is 334 g/mol. The second-order valence-electron chi connectivity index (χ2n) is 7.27. The molecule has 2 aliphatic rings. The fourth-order valence-corrected chi connectivity index (χ4v) is 4.33. The Bertz CT molecular complexity index is 884. The lowest BCUT2D eigenvalue weighted by Gasteiger charge is -2.38. The van der Waals surface area contributed by atoms with Gasteiger partial charge in [-0.1, -0.05) is 42.0 Å². The molecule has 0 saturated heterocycles. The maximum Gasteiger partial charge on any atom is 0.292 e. The summed E-state index contributed by atoms with van der Waals surface area (Å²) < 4.78 is 0. The van der Waals surface area contributed by atoms with E-state index in [0.717, 1.165) is 23.1 Å². The van der Waals surface area contributed by atoms with Crippen LogP contribution in [0.4, 0.5) is 11.4 Å². The highest BCUT2D eigenvalue weighted by Crippen LogP contribution is 2.53. The molecular formula is C21H22N2O2. The summed E-state index contributed by atoms with van der Waals surface area (Å²) in [5.74, 6) is 0.636. The minimum Gasteiger partial charge on any atom is -0.372 e. The van der Waals surface area contributed by atoms with Crippen LogP contribution in [0.25, 0.3) is 0 Å². The maximum atomic E-state index is 11.7. The molecule has 0 bridgehead atoms. The number of nitro groups is 1. The average Bonchev–Trinajstić information content (AvgIpc) is 3.07. The van der Waals surface area contributed by atoms with Gasteiger partial charge in [0.15, 0.2) is 0 Å². The molecule has 1 N–H and O–H groups in total. The van der Waals surface area contributed by atoms with Crippen molar-refractivity contribution in [3.63, 3.8) is 0 Å². The van der Waals surface area contributed by atoms with Crippen molar-refractivity contribution in [1.29, 1.82) is 0 Å². The third-order valence-corrected chi connectivity index (χ3v) is 5.78. The van der Waals surface area contributed by atoms with E-state index in [2.05, 4.69) is 55.6 Å². The molecule has 4 nitrogen and oxygen atoms in total. The van der Waals surface area contributed by atoms with E-state index in [9.17, 15) is 10.1 Å². The minimum atomic E-state index is -0.260. The highest BCUT2D eigenvalue weighted by atomic mass is 16.6. The third-order valence-electron chi connectivity index (χ3n) is 5.78. The lowest BCUT2D eigenvalue weighted by atomic mass is 9.74. The predicted molar refractivity (Wildman–Crippen MR) is 100 cm³/mol. The van der Waals surface area contributed by atoms with E-state index in [-0.39, 0.29) is 22.6 Å². The number of hydrogen-bond acceptors (Lipinski definition) is 3. The number of benzene rings is 2. The summed E-state index contributed by atoms with van der Waals surface area (Å²) in [6.07, 6.45) is 5.46. The number of allylic oxidation sites excluding steroid dienone is 2. The molecule has 25 heavy (non-hydrogen) atoms. The summed E-state index contributed by atoms with van der Waals surface area (Å²) in [6.45, 7) is 6.11. The predicted octanol–water partition coefficient (Wildman–Crippen LogP) is 5.35. The molecule has 1 aliphatic heterocycles. The molecule has 1 aliphatic carbocycles. The Morgan fingerprint density at radius 2 is 1.88 bits per heavy atom. The minimum absolute atomic E-state index is 0.0916. The van der Waals surface area contributed by atoms with E-state index in [1.54, 1.807) is 6.07 Å². The summed E-state index contributed by atoms with van der Waals surface area (Å²) in [5.41, 5.74) is 6.56. The molecule has 0 fully saturated rings. The van der Waals surface area contributed by atoms with Crippen LogP contribution in [0.5, 0.6) is 0 Å². The number of nitrogens with zero attached hydrogens (tertiary/aromatic N) is 1. The quantitative estimate of drug-likeness (QED) is 0.458. The molecule has 0 spiro atoms. The van der Waals surface area contributed by atoms with E-state index in [4.69, 9.17) is 0 Å². The third kappa shape index (κ3) is 2.44. The van der Waals surface area contributed by atoms with Crippen LogP contribution in [0, 0.1) is 36.8 Å². The van der Waals surface area contributed by atoms with Crippen molar-refractivity contribution in [1.82, 2.24) is 0 Å². The summed E-state index contributed by atoms with van der Waals surface area (Å²) in [5, 5.41) is 15.2. The number of anilines is 1. The first-order valence-corrected chi connectivity index (χ1v) is 8.75. The van der Waals surface area contributed by atoms with Crippen LogP contribution in [0.3, 0.4) is 0 Å². The van der Waals surface area contributed by atoms with Crippen molar-refractivity contribution in [2.24, 2.45) is 5.92 Å². The Hall–Kier alpha value is -2.62. The van der Waals surface area contributed by atoms with Crippen LogP contribution in [-0.4, -0.2) is 4.92 Å². The molecule has 2 aromatic carbocycles. The monoisotopic (exact) mass is 334 g/mol. The lowest BCUT2D eigenvalue weighted by molar-refractivity contribution is -0.384. The fraction of sp³-hybridized carbons (Fsp3) is 0.333. The maximum absolute atomic E-state index is 11.7. The molecule has 0 aromatic heterocycles. The Labute approximate surface area is 147 Å². The second kappa shape index (κ2) is 5.73. The zero-order valence-corrected chi connectivity index (χ0v) is 14.7. The first-order chi connectivity index (χ1) is 12.0. The Balaban J connectivity index is 1.90. The van der Waals surface area contributed by atoms with E-state index in [1.165, 1.54) is 11.1 Å². The van der Waals surface area contributed by atoms with Gasteiger partial charge in [0.05, 0.1) is 11.0 Å². The van der Waals surface area contributed by atoms with Gasteiger partial charge in [-0.2, -0.15) is 0 Å². The van der Waals surface area contributed by atoms with Gasteiger partial charge in [-0.25, -0.2) is 0 Å². The number of hydrogen-bond donors (Lipinski definition) is 1. The molecule has 0 saturated carbocycles. The van der Waals surface area contributed by atoms with Crippen LogP contribution in [0.1, 0.15) is 46.2 Å². The van der Waals surface area contributed by atoms with Gasteiger partial charge in [0.25, 0.3) is 5.69 Å². The van der Waals surface area contributed by atoms with E-state index >= 15 is 0 Å². The van der Waals surface area contributed by atoms with Crippen molar-refractivity contribution in [2.75, 3.05) is 5.32 Å². The van der Waals surface area contributed by atoms with Gasteiger partial charge in [0.2, 0.25) is 0 Å². The zero-order chi connectivity index (χ0) is 17.7. The SMILES string of the molecule is Cc1ccc([C@@H]2Nc3c([N+](=O)[O-])cc(C)c(C)c3[C@@H]3C=CC[C@H]32)cc1. The number of nitro benzene ring substituents is 1. The molecule has 0 amide bonds. The largest absolute Gasteiger partial charge is 0.372 e. The van der Waals surface area contributed by atoms with Gasteiger partial charge in [-0.15, -0.1) is 0 Å². The van der Waals surface area contributed by atoms with Gasteiger partial charge >= 0.3 is 0 Å². The number of aryl methyl sites for hydroxylation is 2. The molecule has 0 radical (unpaired) electrons. The Kier molecular flexibility index (Phi) is 3.64. The van der Waals surface area contributed by atoms with Gasteiger partial charge in [0, 0.05) is 12.0 Å². The van der Waals surface area contributed by atoms with Gasteiger partial charge in [-0.3, -0.25) is 10.1 Å².